The number of aliphatic imine (C=N–C) groups is 1. The van der Waals surface area contributed by atoms with E-state index in [0.29, 0.717) is 5.41 Å². The summed E-state index contributed by atoms with van der Waals surface area (Å²) < 4.78 is 0. The average Bonchev–Trinajstić information content (AvgIpc) is 3.08. The minimum absolute atomic E-state index is 0.625. The van der Waals surface area contributed by atoms with Crippen molar-refractivity contribution in [2.24, 2.45) is 16.3 Å². The Morgan fingerprint density at radius 3 is 2.58 bits per heavy atom. The molecule has 0 bridgehead atoms. The highest BCUT2D eigenvalue weighted by Crippen LogP contribution is 2.56. The predicted molar refractivity (Wildman–Crippen MR) is 83.9 cm³/mol. The molecular formula is C15H27N3S. The van der Waals surface area contributed by atoms with Crippen molar-refractivity contribution in [3.63, 3.8) is 0 Å². The van der Waals surface area contributed by atoms with Crippen molar-refractivity contribution in [3.8, 4) is 0 Å². The number of nitrogens with zero attached hydrogens (tertiary/aromatic N) is 1. The van der Waals surface area contributed by atoms with Crippen LogP contribution >= 0.6 is 11.8 Å². The zero-order chi connectivity index (χ0) is 13.1. The first kappa shape index (κ1) is 13.6. The molecule has 1 unspecified atom stereocenters. The van der Waals surface area contributed by atoms with Gasteiger partial charge in [0, 0.05) is 25.4 Å². The smallest absolute Gasteiger partial charge is 0.191 e. The molecule has 19 heavy (non-hydrogen) atoms. The summed E-state index contributed by atoms with van der Waals surface area (Å²) in [6.07, 6.45) is 9.97. The van der Waals surface area contributed by atoms with Gasteiger partial charge in [0.15, 0.2) is 5.96 Å². The lowest BCUT2D eigenvalue weighted by Crippen LogP contribution is -2.48. The van der Waals surface area contributed by atoms with Crippen molar-refractivity contribution >= 4 is 17.7 Å². The van der Waals surface area contributed by atoms with Gasteiger partial charge in [-0.15, -0.1) is 0 Å². The maximum absolute atomic E-state index is 4.38. The molecule has 3 nitrogen and oxygen atoms in total. The van der Waals surface area contributed by atoms with Gasteiger partial charge >= 0.3 is 0 Å². The van der Waals surface area contributed by atoms with Crippen molar-refractivity contribution < 1.29 is 0 Å². The fourth-order valence-electron chi connectivity index (χ4n) is 3.55. The monoisotopic (exact) mass is 281 g/mol. The van der Waals surface area contributed by atoms with Crippen molar-refractivity contribution in [1.82, 2.24) is 10.6 Å². The molecule has 0 aromatic heterocycles. The summed E-state index contributed by atoms with van der Waals surface area (Å²) in [5, 5.41) is 7.89. The quantitative estimate of drug-likeness (QED) is 0.601. The van der Waals surface area contributed by atoms with E-state index in [1.807, 2.05) is 7.05 Å². The van der Waals surface area contributed by atoms with Crippen LogP contribution < -0.4 is 10.6 Å². The van der Waals surface area contributed by atoms with Gasteiger partial charge in [-0.25, -0.2) is 0 Å². The molecule has 2 N–H and O–H groups in total. The summed E-state index contributed by atoms with van der Waals surface area (Å²) in [6, 6.07) is 0. The number of guanidine groups is 1. The van der Waals surface area contributed by atoms with E-state index < -0.39 is 0 Å². The molecule has 0 aromatic carbocycles. The van der Waals surface area contributed by atoms with Gasteiger partial charge in [-0.2, -0.15) is 11.8 Å². The van der Waals surface area contributed by atoms with E-state index in [4.69, 9.17) is 0 Å². The lowest BCUT2D eigenvalue weighted by Gasteiger charge is -2.43. The molecule has 0 spiro atoms. The molecule has 0 radical (unpaired) electrons. The van der Waals surface area contributed by atoms with Crippen LogP contribution in [0.1, 0.15) is 44.9 Å². The maximum Gasteiger partial charge on any atom is 0.191 e. The number of hydrogen-bond acceptors (Lipinski definition) is 2. The van der Waals surface area contributed by atoms with Crippen LogP contribution in [0, 0.1) is 11.3 Å². The molecule has 3 aliphatic rings. The van der Waals surface area contributed by atoms with Crippen LogP contribution in [-0.4, -0.2) is 37.1 Å². The van der Waals surface area contributed by atoms with Crippen LogP contribution in [0.25, 0.3) is 0 Å². The summed E-state index contributed by atoms with van der Waals surface area (Å²) in [5.41, 5.74) is 0.625. The number of rotatable bonds is 5. The van der Waals surface area contributed by atoms with Crippen molar-refractivity contribution in [3.05, 3.63) is 0 Å². The highest BCUT2D eigenvalue weighted by Gasteiger charge is 2.48. The Kier molecular flexibility index (Phi) is 4.25. The second-order valence-corrected chi connectivity index (χ2v) is 7.84. The third kappa shape index (κ3) is 3.21. The molecule has 1 aliphatic heterocycles. The van der Waals surface area contributed by atoms with E-state index in [1.165, 1.54) is 50.7 Å². The topological polar surface area (TPSA) is 36.4 Å². The molecule has 4 heteroatoms. The summed E-state index contributed by atoms with van der Waals surface area (Å²) >= 11 is 2.10. The highest BCUT2D eigenvalue weighted by atomic mass is 32.2. The van der Waals surface area contributed by atoms with Crippen LogP contribution in [-0.2, 0) is 0 Å². The molecule has 0 amide bonds. The Hall–Kier alpha value is -0.380. The lowest BCUT2D eigenvalue weighted by molar-refractivity contribution is 0.106. The summed E-state index contributed by atoms with van der Waals surface area (Å²) in [5.74, 6) is 3.36. The second kappa shape index (κ2) is 5.94. The van der Waals surface area contributed by atoms with E-state index in [9.17, 15) is 0 Å². The Morgan fingerprint density at radius 2 is 2.05 bits per heavy atom. The van der Waals surface area contributed by atoms with E-state index in [-0.39, 0.29) is 0 Å². The van der Waals surface area contributed by atoms with Gasteiger partial charge < -0.3 is 10.6 Å². The third-order valence-electron chi connectivity index (χ3n) is 5.15. The Balaban J connectivity index is 1.41. The van der Waals surface area contributed by atoms with Gasteiger partial charge in [-0.3, -0.25) is 4.99 Å². The minimum atomic E-state index is 0.625. The first-order chi connectivity index (χ1) is 9.32. The van der Waals surface area contributed by atoms with Gasteiger partial charge in [-0.05, 0) is 55.6 Å². The van der Waals surface area contributed by atoms with E-state index in [2.05, 4.69) is 27.4 Å². The van der Waals surface area contributed by atoms with Crippen molar-refractivity contribution in [2.45, 2.75) is 50.2 Å². The second-order valence-electron chi connectivity index (χ2n) is 6.43. The first-order valence-corrected chi connectivity index (χ1v) is 8.93. The van der Waals surface area contributed by atoms with Gasteiger partial charge in [-0.1, -0.05) is 6.42 Å². The summed E-state index contributed by atoms with van der Waals surface area (Å²) in [6.45, 7) is 2.20. The zero-order valence-electron chi connectivity index (χ0n) is 12.1. The predicted octanol–water partition coefficient (Wildman–Crippen LogP) is 2.63. The van der Waals surface area contributed by atoms with Crippen LogP contribution in [0.2, 0.25) is 0 Å². The molecule has 1 atom stereocenters. The van der Waals surface area contributed by atoms with Crippen LogP contribution in [0.4, 0.5) is 0 Å². The van der Waals surface area contributed by atoms with Crippen molar-refractivity contribution in [2.75, 3.05) is 25.9 Å². The third-order valence-corrected chi connectivity index (χ3v) is 6.54. The molecule has 2 saturated carbocycles. The molecular weight excluding hydrogens is 254 g/mol. The van der Waals surface area contributed by atoms with Gasteiger partial charge in [0.05, 0.1) is 0 Å². The first-order valence-electron chi connectivity index (χ1n) is 7.88. The number of nitrogens with one attached hydrogen (secondary N) is 2. The molecule has 108 valence electrons. The van der Waals surface area contributed by atoms with Crippen LogP contribution in [0.3, 0.4) is 0 Å². The molecule has 2 aliphatic carbocycles. The maximum atomic E-state index is 4.38. The van der Waals surface area contributed by atoms with E-state index in [1.54, 1.807) is 0 Å². The van der Waals surface area contributed by atoms with Gasteiger partial charge in [0.1, 0.15) is 0 Å². The molecule has 1 saturated heterocycles. The SMILES string of the molecule is CN=C(NCC1CCCS1)NCC1(C2CC2)CCC1. The Labute approximate surface area is 121 Å². The summed E-state index contributed by atoms with van der Waals surface area (Å²) in [4.78, 5) is 4.38. The largest absolute Gasteiger partial charge is 0.356 e. The van der Waals surface area contributed by atoms with Crippen LogP contribution in [0.5, 0.6) is 0 Å². The average molecular weight is 281 g/mol. The molecule has 1 heterocycles. The Morgan fingerprint density at radius 1 is 1.21 bits per heavy atom. The fraction of sp³-hybridized carbons (Fsp3) is 0.933. The van der Waals surface area contributed by atoms with Gasteiger partial charge in [0.2, 0.25) is 0 Å². The molecule has 0 aromatic rings. The van der Waals surface area contributed by atoms with Crippen molar-refractivity contribution in [1.29, 1.82) is 0 Å². The number of hydrogen-bond donors (Lipinski definition) is 2. The minimum Gasteiger partial charge on any atom is -0.356 e. The standard InChI is InChI=1S/C15H27N3S/c1-16-14(17-10-13-4-2-9-19-13)18-11-15(7-3-8-15)12-5-6-12/h12-13H,2-11H2,1H3,(H2,16,17,18). The molecule has 3 rings (SSSR count). The molecule has 3 fully saturated rings. The Bertz CT molecular complexity index is 328. The summed E-state index contributed by atoms with van der Waals surface area (Å²) in [7, 11) is 1.89. The van der Waals surface area contributed by atoms with Crippen LogP contribution in [0.15, 0.2) is 4.99 Å². The lowest BCUT2D eigenvalue weighted by atomic mass is 9.65. The zero-order valence-corrected chi connectivity index (χ0v) is 12.9. The number of thioether (sulfide) groups is 1. The fourth-order valence-corrected chi connectivity index (χ4v) is 4.75. The van der Waals surface area contributed by atoms with E-state index in [0.717, 1.165) is 30.2 Å². The highest BCUT2D eigenvalue weighted by molar-refractivity contribution is 8.00. The normalized spacial score (nSPS) is 29.9. The van der Waals surface area contributed by atoms with E-state index >= 15 is 0 Å². The van der Waals surface area contributed by atoms with Gasteiger partial charge in [0.25, 0.3) is 0 Å².